The summed E-state index contributed by atoms with van der Waals surface area (Å²) in [4.78, 5) is 10.2. The quantitative estimate of drug-likeness (QED) is 0.613. The second kappa shape index (κ2) is 4.76. The van der Waals surface area contributed by atoms with E-state index >= 15 is 0 Å². The van der Waals surface area contributed by atoms with Crippen LogP contribution in [-0.2, 0) is 25.4 Å². The normalized spacial score (nSPS) is 16.2. The Labute approximate surface area is 67.2 Å². The lowest BCUT2D eigenvalue weighted by atomic mass is 10.2. The zero-order chi connectivity index (χ0) is 8.15. The van der Waals surface area contributed by atoms with Crippen molar-refractivity contribution >= 4 is 26.6 Å². The molecule has 0 fully saturated rings. The van der Waals surface area contributed by atoms with Gasteiger partial charge in [-0.2, -0.15) is 0 Å². The number of aliphatic carboxylic acids is 1. The van der Waals surface area contributed by atoms with Gasteiger partial charge in [-0.3, -0.25) is 4.79 Å². The van der Waals surface area contributed by atoms with Gasteiger partial charge >= 0.3 is 5.97 Å². The third kappa shape index (κ3) is 4.84. The highest BCUT2D eigenvalue weighted by atomic mass is 32.8. The van der Waals surface area contributed by atoms with E-state index in [1.54, 1.807) is 0 Å². The van der Waals surface area contributed by atoms with Gasteiger partial charge < -0.3 is 10.8 Å². The van der Waals surface area contributed by atoms with E-state index in [-0.39, 0.29) is 9.45 Å². The summed E-state index contributed by atoms with van der Waals surface area (Å²) in [6.45, 7) is 0. The number of carboxylic acids is 1. The topological polar surface area (TPSA) is 63.3 Å². The summed E-state index contributed by atoms with van der Waals surface area (Å²) < 4.78 is 0. The summed E-state index contributed by atoms with van der Waals surface area (Å²) in [5.74, 6) is -0.219. The van der Waals surface area contributed by atoms with Crippen LogP contribution in [0.5, 0.6) is 0 Å². The monoisotopic (exact) mass is 181 g/mol. The molecule has 3 N–H and O–H groups in total. The van der Waals surface area contributed by atoms with E-state index in [2.05, 4.69) is 0 Å². The van der Waals surface area contributed by atoms with Crippen molar-refractivity contribution in [2.45, 2.75) is 12.5 Å². The lowest BCUT2D eigenvalue weighted by molar-refractivity contribution is -0.138. The fourth-order valence-corrected chi connectivity index (χ4v) is 1.29. The van der Waals surface area contributed by atoms with E-state index in [4.69, 9.17) is 22.0 Å². The first kappa shape index (κ1) is 10.0. The van der Waals surface area contributed by atoms with Crippen molar-refractivity contribution in [3.63, 3.8) is 0 Å². The van der Waals surface area contributed by atoms with Crippen LogP contribution in [0.2, 0.25) is 0 Å². The SMILES string of the molecule is CS(=S)CC[C@H](N)C(=O)O. The van der Waals surface area contributed by atoms with Gasteiger partial charge in [-0.25, -0.2) is 0 Å². The molecule has 1 unspecified atom stereocenters. The van der Waals surface area contributed by atoms with Gasteiger partial charge in [0.15, 0.2) is 0 Å². The summed E-state index contributed by atoms with van der Waals surface area (Å²) in [6.07, 6.45) is 2.38. The minimum atomic E-state index is -0.944. The summed E-state index contributed by atoms with van der Waals surface area (Å²) in [5.41, 5.74) is 5.22. The Kier molecular flexibility index (Phi) is 4.76. The maximum Gasteiger partial charge on any atom is 0.320 e. The molecular formula is C5H11NO2S2. The molecule has 0 aromatic carbocycles. The molecule has 0 aliphatic rings. The third-order valence-corrected chi connectivity index (χ3v) is 2.34. The van der Waals surface area contributed by atoms with Crippen LogP contribution in [0.25, 0.3) is 0 Å². The molecule has 0 amide bonds. The number of nitrogens with two attached hydrogens (primary N) is 1. The molecule has 2 atom stereocenters. The summed E-state index contributed by atoms with van der Waals surface area (Å²) >= 11 is 4.86. The first-order valence-electron chi connectivity index (χ1n) is 2.82. The zero-order valence-corrected chi connectivity index (χ0v) is 7.37. The second-order valence-corrected chi connectivity index (χ2v) is 5.27. The first-order valence-corrected chi connectivity index (χ1v) is 5.55. The molecule has 0 heterocycles. The van der Waals surface area contributed by atoms with E-state index < -0.39 is 12.0 Å². The van der Waals surface area contributed by atoms with Crippen molar-refractivity contribution in [1.29, 1.82) is 0 Å². The van der Waals surface area contributed by atoms with Gasteiger partial charge in [0.25, 0.3) is 0 Å². The molecule has 0 aliphatic heterocycles. The fraction of sp³-hybridized carbons (Fsp3) is 0.800. The highest BCUT2D eigenvalue weighted by Crippen LogP contribution is 1.90. The Morgan fingerprint density at radius 3 is 2.70 bits per heavy atom. The molecule has 0 spiro atoms. The van der Waals surface area contributed by atoms with Crippen molar-refractivity contribution in [3.8, 4) is 0 Å². The highest BCUT2D eigenvalue weighted by Gasteiger charge is 2.09. The van der Waals surface area contributed by atoms with Crippen molar-refractivity contribution in [2.75, 3.05) is 12.0 Å². The highest BCUT2D eigenvalue weighted by molar-refractivity contribution is 8.28. The predicted octanol–water partition coefficient (Wildman–Crippen LogP) is -0.502. The van der Waals surface area contributed by atoms with E-state index in [9.17, 15) is 4.79 Å². The Morgan fingerprint density at radius 1 is 1.90 bits per heavy atom. The fourth-order valence-electron chi connectivity index (χ4n) is 0.416. The van der Waals surface area contributed by atoms with Gasteiger partial charge in [0.1, 0.15) is 6.04 Å². The molecule has 0 rings (SSSR count). The van der Waals surface area contributed by atoms with Crippen molar-refractivity contribution < 1.29 is 9.90 Å². The summed E-state index contributed by atoms with van der Waals surface area (Å²) in [7, 11) is -0.113. The van der Waals surface area contributed by atoms with Crippen molar-refractivity contribution in [2.24, 2.45) is 5.73 Å². The molecule has 0 radical (unpaired) electrons. The average molecular weight is 181 g/mol. The predicted molar refractivity (Wildman–Crippen MR) is 45.7 cm³/mol. The first-order chi connectivity index (χ1) is 4.54. The van der Waals surface area contributed by atoms with Crippen LogP contribution in [0, 0.1) is 0 Å². The summed E-state index contributed by atoms with van der Waals surface area (Å²) in [6, 6.07) is -0.738. The Balaban J connectivity index is 3.49. The van der Waals surface area contributed by atoms with Gasteiger partial charge in [-0.1, -0.05) is 11.2 Å². The molecule has 0 aromatic rings. The molecule has 0 aromatic heterocycles. The third-order valence-electron chi connectivity index (χ3n) is 1.03. The number of hydrogen-bond acceptors (Lipinski definition) is 3. The molecule has 60 valence electrons. The van der Waals surface area contributed by atoms with Crippen LogP contribution in [0.15, 0.2) is 0 Å². The smallest absolute Gasteiger partial charge is 0.320 e. The van der Waals surface area contributed by atoms with E-state index in [1.165, 1.54) is 0 Å². The van der Waals surface area contributed by atoms with Gasteiger partial charge in [-0.15, -0.1) is 9.45 Å². The number of carbonyl (C=O) groups is 1. The van der Waals surface area contributed by atoms with Gasteiger partial charge in [0, 0.05) is 0 Å². The second-order valence-electron chi connectivity index (χ2n) is 2.01. The Bertz CT molecular complexity index is 149. The maximum atomic E-state index is 10.2. The largest absolute Gasteiger partial charge is 0.480 e. The van der Waals surface area contributed by atoms with Crippen LogP contribution in [0.1, 0.15) is 6.42 Å². The van der Waals surface area contributed by atoms with Crippen molar-refractivity contribution in [3.05, 3.63) is 0 Å². The Morgan fingerprint density at radius 2 is 2.40 bits per heavy atom. The van der Waals surface area contributed by atoms with Crippen LogP contribution in [0.4, 0.5) is 0 Å². The Hall–Kier alpha value is -0.000000000000000111. The molecule has 0 bridgehead atoms. The molecule has 0 saturated heterocycles. The lowest BCUT2D eigenvalue weighted by Gasteiger charge is -2.03. The van der Waals surface area contributed by atoms with E-state index in [0.29, 0.717) is 6.42 Å². The molecule has 5 heteroatoms. The van der Waals surface area contributed by atoms with Crippen LogP contribution >= 0.6 is 0 Å². The number of rotatable bonds is 4. The average Bonchev–Trinajstić information content (AvgIpc) is 1.82. The molecule has 0 aliphatic carbocycles. The van der Waals surface area contributed by atoms with Crippen LogP contribution < -0.4 is 5.73 Å². The van der Waals surface area contributed by atoms with Gasteiger partial charge in [-0.05, 0) is 18.4 Å². The van der Waals surface area contributed by atoms with Gasteiger partial charge in [0.05, 0.1) is 0 Å². The van der Waals surface area contributed by atoms with E-state index in [1.807, 2.05) is 6.26 Å². The van der Waals surface area contributed by atoms with Gasteiger partial charge in [0.2, 0.25) is 0 Å². The van der Waals surface area contributed by atoms with Crippen LogP contribution in [-0.4, -0.2) is 29.1 Å². The molecular weight excluding hydrogens is 170 g/mol. The molecule has 10 heavy (non-hydrogen) atoms. The number of carboxylic acid groups (broad SMARTS) is 1. The summed E-state index contributed by atoms with van der Waals surface area (Å²) in [5, 5.41) is 8.34. The molecule has 3 nitrogen and oxygen atoms in total. The minimum absolute atomic E-state index is 0.113. The number of hydrogen-bond donors (Lipinski definition) is 2. The standard InChI is InChI=1S/C5H11NO2S2/c1-10(9)3-2-4(6)5(7)8/h4H,2-3,6H2,1H3,(H,7,8)/t4-,10?/m0/s1. The van der Waals surface area contributed by atoms with Crippen LogP contribution in [0.3, 0.4) is 0 Å². The minimum Gasteiger partial charge on any atom is -0.480 e. The zero-order valence-electron chi connectivity index (χ0n) is 5.74. The van der Waals surface area contributed by atoms with Crippen molar-refractivity contribution in [1.82, 2.24) is 0 Å². The maximum absolute atomic E-state index is 10.2. The lowest BCUT2D eigenvalue weighted by Crippen LogP contribution is -2.31. The molecule has 0 saturated carbocycles. The van der Waals surface area contributed by atoms with E-state index in [0.717, 1.165) is 5.75 Å².